The average molecular weight is 223 g/mol. The van der Waals surface area contributed by atoms with Crippen molar-refractivity contribution in [2.75, 3.05) is 39.5 Å². The molecule has 16 heavy (non-hydrogen) atoms. The molecule has 0 bridgehead atoms. The minimum absolute atomic E-state index is 0.663. The molecule has 0 atom stereocenters. The molecule has 0 aliphatic carbocycles. The fourth-order valence-corrected chi connectivity index (χ4v) is 1.33. The SMILES string of the molecule is CNc1ncc(CNCCCN(C)C)cn1. The van der Waals surface area contributed by atoms with Gasteiger partial charge in [-0.05, 0) is 33.6 Å². The molecule has 1 rings (SSSR count). The number of anilines is 1. The van der Waals surface area contributed by atoms with E-state index < -0.39 is 0 Å². The molecular formula is C11H21N5. The molecule has 5 nitrogen and oxygen atoms in total. The van der Waals surface area contributed by atoms with Crippen LogP contribution >= 0.6 is 0 Å². The second-order valence-electron chi connectivity index (χ2n) is 4.00. The Morgan fingerprint density at radius 2 is 1.94 bits per heavy atom. The molecule has 0 aliphatic heterocycles. The zero-order valence-corrected chi connectivity index (χ0v) is 10.3. The summed E-state index contributed by atoms with van der Waals surface area (Å²) in [4.78, 5) is 10.5. The lowest BCUT2D eigenvalue weighted by atomic mass is 10.3. The van der Waals surface area contributed by atoms with Crippen molar-refractivity contribution in [2.45, 2.75) is 13.0 Å². The average Bonchev–Trinajstić information content (AvgIpc) is 2.29. The highest BCUT2D eigenvalue weighted by molar-refractivity contribution is 5.22. The summed E-state index contributed by atoms with van der Waals surface area (Å²) in [6.45, 7) is 2.96. The van der Waals surface area contributed by atoms with Crippen LogP contribution in [0.2, 0.25) is 0 Å². The maximum atomic E-state index is 4.15. The smallest absolute Gasteiger partial charge is 0.222 e. The van der Waals surface area contributed by atoms with Crippen molar-refractivity contribution in [2.24, 2.45) is 0 Å². The van der Waals surface area contributed by atoms with Crippen LogP contribution in [0.1, 0.15) is 12.0 Å². The Morgan fingerprint density at radius 1 is 1.25 bits per heavy atom. The molecule has 1 aromatic heterocycles. The maximum Gasteiger partial charge on any atom is 0.222 e. The van der Waals surface area contributed by atoms with Crippen molar-refractivity contribution in [3.8, 4) is 0 Å². The first-order valence-electron chi connectivity index (χ1n) is 5.56. The molecule has 2 N–H and O–H groups in total. The van der Waals surface area contributed by atoms with Gasteiger partial charge in [0.1, 0.15) is 0 Å². The standard InChI is InChI=1S/C11H21N5/c1-12-11-14-8-10(9-15-11)7-13-5-4-6-16(2)3/h8-9,13H,4-7H2,1-3H3,(H,12,14,15). The summed E-state index contributed by atoms with van der Waals surface area (Å²) in [5.41, 5.74) is 1.11. The number of aromatic nitrogens is 2. The van der Waals surface area contributed by atoms with E-state index in [2.05, 4.69) is 39.6 Å². The van der Waals surface area contributed by atoms with Gasteiger partial charge >= 0.3 is 0 Å². The molecule has 0 aliphatic rings. The molecule has 5 heteroatoms. The third kappa shape index (κ3) is 5.04. The van der Waals surface area contributed by atoms with E-state index in [0.29, 0.717) is 5.95 Å². The monoisotopic (exact) mass is 223 g/mol. The Labute approximate surface area is 97.3 Å². The Balaban J connectivity index is 2.16. The first-order chi connectivity index (χ1) is 7.72. The topological polar surface area (TPSA) is 53.1 Å². The molecule has 90 valence electrons. The van der Waals surface area contributed by atoms with Crippen LogP contribution in [0, 0.1) is 0 Å². The number of rotatable bonds is 7. The Kier molecular flexibility index (Phi) is 5.74. The quantitative estimate of drug-likeness (QED) is 0.662. The van der Waals surface area contributed by atoms with Crippen molar-refractivity contribution >= 4 is 5.95 Å². The van der Waals surface area contributed by atoms with Gasteiger partial charge in [0.2, 0.25) is 5.95 Å². The van der Waals surface area contributed by atoms with Gasteiger partial charge < -0.3 is 15.5 Å². The van der Waals surface area contributed by atoms with E-state index in [9.17, 15) is 0 Å². The van der Waals surface area contributed by atoms with Crippen molar-refractivity contribution in [3.05, 3.63) is 18.0 Å². The number of nitrogens with one attached hydrogen (secondary N) is 2. The normalized spacial score (nSPS) is 10.8. The van der Waals surface area contributed by atoms with Gasteiger partial charge in [0.05, 0.1) is 0 Å². The van der Waals surface area contributed by atoms with Crippen LogP contribution in [0.25, 0.3) is 0 Å². The first kappa shape index (κ1) is 12.9. The van der Waals surface area contributed by atoms with Gasteiger partial charge in [0.15, 0.2) is 0 Å². The van der Waals surface area contributed by atoms with Gasteiger partial charge in [0.25, 0.3) is 0 Å². The summed E-state index contributed by atoms with van der Waals surface area (Å²) >= 11 is 0. The van der Waals surface area contributed by atoms with Crippen molar-refractivity contribution in [1.29, 1.82) is 0 Å². The summed E-state index contributed by atoms with van der Waals surface area (Å²) in [7, 11) is 5.99. The molecule has 0 radical (unpaired) electrons. The summed E-state index contributed by atoms with van der Waals surface area (Å²) < 4.78 is 0. The molecule has 0 amide bonds. The minimum atomic E-state index is 0.663. The van der Waals surface area contributed by atoms with Gasteiger partial charge in [-0.15, -0.1) is 0 Å². The third-order valence-corrected chi connectivity index (χ3v) is 2.22. The predicted octanol–water partition coefficient (Wildman–Crippen LogP) is 0.560. The lowest BCUT2D eigenvalue weighted by Gasteiger charge is -2.09. The molecule has 0 spiro atoms. The van der Waals surface area contributed by atoms with Gasteiger partial charge in [-0.2, -0.15) is 0 Å². The van der Waals surface area contributed by atoms with E-state index in [4.69, 9.17) is 0 Å². The predicted molar refractivity (Wildman–Crippen MR) is 66.5 cm³/mol. The van der Waals surface area contributed by atoms with Crippen LogP contribution in [-0.4, -0.2) is 49.1 Å². The fourth-order valence-electron chi connectivity index (χ4n) is 1.33. The van der Waals surface area contributed by atoms with Crippen molar-refractivity contribution in [1.82, 2.24) is 20.2 Å². The van der Waals surface area contributed by atoms with Gasteiger partial charge in [-0.1, -0.05) is 0 Å². The summed E-state index contributed by atoms with van der Waals surface area (Å²) in [6.07, 6.45) is 4.85. The number of hydrogen-bond donors (Lipinski definition) is 2. The molecular weight excluding hydrogens is 202 g/mol. The summed E-state index contributed by atoms with van der Waals surface area (Å²) in [5.74, 6) is 0.663. The molecule has 1 aromatic rings. The van der Waals surface area contributed by atoms with Gasteiger partial charge in [-0.25, -0.2) is 9.97 Å². The van der Waals surface area contributed by atoms with Gasteiger partial charge in [0, 0.05) is 31.5 Å². The van der Waals surface area contributed by atoms with E-state index in [0.717, 1.165) is 31.6 Å². The Bertz CT molecular complexity index is 283. The van der Waals surface area contributed by atoms with E-state index in [-0.39, 0.29) is 0 Å². The molecule has 1 heterocycles. The second kappa shape index (κ2) is 7.14. The second-order valence-corrected chi connectivity index (χ2v) is 4.00. The highest BCUT2D eigenvalue weighted by Gasteiger charge is 1.95. The number of hydrogen-bond acceptors (Lipinski definition) is 5. The van der Waals surface area contributed by atoms with E-state index in [1.54, 1.807) is 0 Å². The molecule has 0 fully saturated rings. The van der Waals surface area contributed by atoms with Crippen LogP contribution in [0.15, 0.2) is 12.4 Å². The van der Waals surface area contributed by atoms with Gasteiger partial charge in [-0.3, -0.25) is 0 Å². The summed E-state index contributed by atoms with van der Waals surface area (Å²) in [5, 5.41) is 6.26. The Hall–Kier alpha value is -1.20. The first-order valence-corrected chi connectivity index (χ1v) is 5.56. The van der Waals surface area contributed by atoms with E-state index >= 15 is 0 Å². The lowest BCUT2D eigenvalue weighted by Crippen LogP contribution is -2.21. The van der Waals surface area contributed by atoms with Crippen LogP contribution in [0.4, 0.5) is 5.95 Å². The maximum absolute atomic E-state index is 4.15. The third-order valence-electron chi connectivity index (χ3n) is 2.22. The molecule has 0 saturated carbocycles. The Morgan fingerprint density at radius 3 is 2.50 bits per heavy atom. The van der Waals surface area contributed by atoms with Crippen molar-refractivity contribution < 1.29 is 0 Å². The highest BCUT2D eigenvalue weighted by Crippen LogP contribution is 1.98. The largest absolute Gasteiger partial charge is 0.357 e. The highest BCUT2D eigenvalue weighted by atomic mass is 15.1. The molecule has 0 saturated heterocycles. The van der Waals surface area contributed by atoms with Crippen molar-refractivity contribution in [3.63, 3.8) is 0 Å². The van der Waals surface area contributed by atoms with E-state index in [1.807, 2.05) is 19.4 Å². The van der Waals surface area contributed by atoms with Crippen LogP contribution < -0.4 is 10.6 Å². The molecule has 0 unspecified atom stereocenters. The van der Waals surface area contributed by atoms with E-state index in [1.165, 1.54) is 0 Å². The zero-order chi connectivity index (χ0) is 11.8. The zero-order valence-electron chi connectivity index (χ0n) is 10.3. The summed E-state index contributed by atoms with van der Waals surface area (Å²) in [6, 6.07) is 0. The lowest BCUT2D eigenvalue weighted by molar-refractivity contribution is 0.394. The van der Waals surface area contributed by atoms with Crippen LogP contribution in [0.5, 0.6) is 0 Å². The number of nitrogens with zero attached hydrogens (tertiary/aromatic N) is 3. The molecule has 0 aromatic carbocycles. The minimum Gasteiger partial charge on any atom is -0.357 e. The van der Waals surface area contributed by atoms with Crippen LogP contribution in [-0.2, 0) is 6.54 Å². The van der Waals surface area contributed by atoms with Crippen LogP contribution in [0.3, 0.4) is 0 Å². The fraction of sp³-hybridized carbons (Fsp3) is 0.636.